The first-order chi connectivity index (χ1) is 6.97. The van der Waals surface area contributed by atoms with Crippen LogP contribution >= 0.6 is 0 Å². The minimum atomic E-state index is -4.43. The smallest absolute Gasteiger partial charge is 0.311 e. The zero-order valence-electron chi connectivity index (χ0n) is 8.12. The van der Waals surface area contributed by atoms with Crippen molar-refractivity contribution in [3.05, 3.63) is 0 Å². The van der Waals surface area contributed by atoms with E-state index in [0.29, 0.717) is 12.8 Å². The molecule has 0 radical (unpaired) electrons. The van der Waals surface area contributed by atoms with Crippen molar-refractivity contribution in [2.24, 2.45) is 0 Å². The third kappa shape index (κ3) is 2.46. The maximum Gasteiger partial charge on any atom is 0.350 e. The number of rotatable bonds is 3. The highest BCUT2D eigenvalue weighted by molar-refractivity contribution is 7.89. The molecule has 2 aliphatic rings. The molecule has 4 nitrogen and oxygen atoms in total. The molecule has 0 aromatic heterocycles. The quantitative estimate of drug-likeness (QED) is 0.751. The van der Waals surface area contributed by atoms with Crippen LogP contribution < -0.4 is 10.0 Å². The molecule has 2 bridgehead atoms. The zero-order chi connectivity index (χ0) is 11.1. The molecule has 15 heavy (non-hydrogen) atoms. The van der Waals surface area contributed by atoms with Gasteiger partial charge in [-0.05, 0) is 25.7 Å². The van der Waals surface area contributed by atoms with Crippen LogP contribution in [0.2, 0.25) is 0 Å². The maximum absolute atomic E-state index is 12.1. The summed E-state index contributed by atoms with van der Waals surface area (Å²) in [6.45, 7) is 0. The molecule has 2 N–H and O–H groups in total. The average molecular weight is 240 g/mol. The summed E-state index contributed by atoms with van der Waals surface area (Å²) < 4.78 is 48.2. The van der Waals surface area contributed by atoms with Gasteiger partial charge >= 0.3 is 5.76 Å². The van der Waals surface area contributed by atoms with E-state index in [1.165, 1.54) is 0 Å². The molecule has 2 saturated heterocycles. The van der Waals surface area contributed by atoms with Crippen molar-refractivity contribution in [3.63, 3.8) is 0 Å². The van der Waals surface area contributed by atoms with Crippen LogP contribution in [-0.4, -0.2) is 32.3 Å². The van der Waals surface area contributed by atoms with Crippen LogP contribution in [0.15, 0.2) is 0 Å². The van der Waals surface area contributed by atoms with Gasteiger partial charge in [-0.1, -0.05) is 0 Å². The van der Waals surface area contributed by atoms with Gasteiger partial charge in [0, 0.05) is 18.1 Å². The monoisotopic (exact) mass is 240 g/mol. The molecule has 7 heteroatoms. The van der Waals surface area contributed by atoms with E-state index in [2.05, 4.69) is 10.0 Å². The first-order valence-corrected chi connectivity index (χ1v) is 6.57. The Bertz CT molecular complexity index is 322. The van der Waals surface area contributed by atoms with Crippen LogP contribution in [0.1, 0.15) is 25.7 Å². The Balaban J connectivity index is 1.96. The van der Waals surface area contributed by atoms with Gasteiger partial charge < -0.3 is 5.32 Å². The zero-order valence-corrected chi connectivity index (χ0v) is 8.93. The Kier molecular flexibility index (Phi) is 2.96. The molecule has 2 aliphatic heterocycles. The van der Waals surface area contributed by atoms with E-state index in [1.54, 1.807) is 0 Å². The summed E-state index contributed by atoms with van der Waals surface area (Å²) in [6.07, 6.45) is 3.25. The van der Waals surface area contributed by atoms with Crippen LogP contribution in [0, 0.1) is 0 Å². The van der Waals surface area contributed by atoms with E-state index in [-0.39, 0.29) is 18.1 Å². The molecular formula is C8H14F2N2O2S. The second-order valence-electron chi connectivity index (χ2n) is 4.23. The van der Waals surface area contributed by atoms with Gasteiger partial charge in [-0.3, -0.25) is 0 Å². The predicted molar refractivity (Wildman–Crippen MR) is 51.0 cm³/mol. The molecule has 0 saturated carbocycles. The predicted octanol–water partition coefficient (Wildman–Crippen LogP) is 0.411. The highest BCUT2D eigenvalue weighted by Gasteiger charge is 2.36. The van der Waals surface area contributed by atoms with Crippen LogP contribution in [0.3, 0.4) is 0 Å². The molecule has 0 amide bonds. The summed E-state index contributed by atoms with van der Waals surface area (Å²) in [5, 5.41) is 3.31. The minimum Gasteiger partial charge on any atom is -0.311 e. The average Bonchev–Trinajstić information content (AvgIpc) is 2.44. The van der Waals surface area contributed by atoms with E-state index >= 15 is 0 Å². The Morgan fingerprint density at radius 3 is 2.20 bits per heavy atom. The number of piperidine rings is 1. The van der Waals surface area contributed by atoms with Crippen LogP contribution in [-0.2, 0) is 10.0 Å². The van der Waals surface area contributed by atoms with Crippen molar-refractivity contribution in [1.82, 2.24) is 10.0 Å². The fourth-order valence-corrected chi connectivity index (χ4v) is 3.20. The van der Waals surface area contributed by atoms with E-state index in [0.717, 1.165) is 12.8 Å². The minimum absolute atomic E-state index is 0.286. The van der Waals surface area contributed by atoms with Crippen molar-refractivity contribution in [3.8, 4) is 0 Å². The summed E-state index contributed by atoms with van der Waals surface area (Å²) >= 11 is 0. The number of sulfonamides is 1. The van der Waals surface area contributed by atoms with Gasteiger partial charge in [-0.2, -0.15) is 8.78 Å². The van der Waals surface area contributed by atoms with Crippen LogP contribution in [0.4, 0.5) is 8.78 Å². The number of halogens is 2. The van der Waals surface area contributed by atoms with Gasteiger partial charge in [-0.25, -0.2) is 13.1 Å². The second kappa shape index (κ2) is 3.95. The van der Waals surface area contributed by atoms with Crippen LogP contribution in [0.5, 0.6) is 0 Å². The summed E-state index contributed by atoms with van der Waals surface area (Å²) in [5.41, 5.74) is 0. The third-order valence-electron chi connectivity index (χ3n) is 3.04. The van der Waals surface area contributed by atoms with Crippen molar-refractivity contribution < 1.29 is 17.2 Å². The standard InChI is InChI=1S/C8H14F2N2O2S/c9-8(10)15(13,14)12-7-3-5-1-2-6(4-7)11-5/h5-8,11-12H,1-4H2. The molecular weight excluding hydrogens is 226 g/mol. The summed E-state index contributed by atoms with van der Waals surface area (Å²) in [6, 6.07) is 0.242. The highest BCUT2D eigenvalue weighted by Crippen LogP contribution is 2.27. The summed E-state index contributed by atoms with van der Waals surface area (Å²) in [5.74, 6) is -3.33. The van der Waals surface area contributed by atoms with Crippen molar-refractivity contribution in [2.45, 2.75) is 49.6 Å². The maximum atomic E-state index is 12.1. The van der Waals surface area contributed by atoms with Gasteiger partial charge in [0.1, 0.15) is 0 Å². The topological polar surface area (TPSA) is 58.2 Å². The lowest BCUT2D eigenvalue weighted by molar-refractivity contribution is 0.229. The van der Waals surface area contributed by atoms with Gasteiger partial charge in [0.05, 0.1) is 0 Å². The second-order valence-corrected chi connectivity index (χ2v) is 5.91. The fraction of sp³-hybridized carbons (Fsp3) is 1.00. The highest BCUT2D eigenvalue weighted by atomic mass is 32.2. The van der Waals surface area contributed by atoms with Gasteiger partial charge in [0.15, 0.2) is 0 Å². The Morgan fingerprint density at radius 2 is 1.73 bits per heavy atom. The van der Waals surface area contributed by atoms with Crippen LogP contribution in [0.25, 0.3) is 0 Å². The molecule has 2 rings (SSSR count). The molecule has 0 aromatic rings. The molecule has 0 aromatic carbocycles. The molecule has 2 fully saturated rings. The lowest BCUT2D eigenvalue weighted by atomic mass is 10.0. The number of fused-ring (bicyclic) bond motifs is 2. The molecule has 88 valence electrons. The molecule has 0 aliphatic carbocycles. The normalized spacial score (nSPS) is 36.1. The van der Waals surface area contributed by atoms with Crippen molar-refractivity contribution >= 4 is 10.0 Å². The van der Waals surface area contributed by atoms with E-state index in [4.69, 9.17) is 0 Å². The molecule has 2 atom stereocenters. The number of hydrogen-bond donors (Lipinski definition) is 2. The lowest BCUT2D eigenvalue weighted by Crippen LogP contribution is -2.49. The lowest BCUT2D eigenvalue weighted by Gasteiger charge is -2.29. The molecule has 2 unspecified atom stereocenters. The van der Waals surface area contributed by atoms with E-state index < -0.39 is 15.8 Å². The molecule has 0 spiro atoms. The first-order valence-electron chi connectivity index (χ1n) is 5.03. The first kappa shape index (κ1) is 11.2. The fourth-order valence-electron chi connectivity index (χ4n) is 2.44. The third-order valence-corrected chi connectivity index (χ3v) is 4.17. The number of alkyl halides is 2. The Hall–Kier alpha value is -0.270. The SMILES string of the molecule is O=S(=O)(NC1CC2CCC(C1)N2)C(F)F. The van der Waals surface area contributed by atoms with Gasteiger partial charge in [-0.15, -0.1) is 0 Å². The van der Waals surface area contributed by atoms with Gasteiger partial charge in [0.2, 0.25) is 0 Å². The van der Waals surface area contributed by atoms with Gasteiger partial charge in [0.25, 0.3) is 10.0 Å². The number of nitrogens with one attached hydrogen (secondary N) is 2. The molecule has 2 heterocycles. The largest absolute Gasteiger partial charge is 0.350 e. The van der Waals surface area contributed by atoms with E-state index in [9.17, 15) is 17.2 Å². The van der Waals surface area contributed by atoms with Crippen molar-refractivity contribution in [1.29, 1.82) is 0 Å². The summed E-state index contributed by atoms with van der Waals surface area (Å²) in [7, 11) is -4.43. The number of hydrogen-bond acceptors (Lipinski definition) is 3. The van der Waals surface area contributed by atoms with E-state index in [1.807, 2.05) is 0 Å². The summed E-state index contributed by atoms with van der Waals surface area (Å²) in [4.78, 5) is 0. The Morgan fingerprint density at radius 1 is 1.20 bits per heavy atom. The Labute approximate surface area is 87.5 Å². The van der Waals surface area contributed by atoms with Crippen molar-refractivity contribution in [2.75, 3.05) is 0 Å².